The standard InChI is InChI=1S/C13H18F3N3O2/c14-13(15,16)12(1-2-12)7-18-10(21)19-4-3-11(8-19)5-9(20)17-6-11/h1-8H2,(H,17,20)(H,18,21). The van der Waals surface area contributed by atoms with Gasteiger partial charge in [-0.2, -0.15) is 13.2 Å². The molecule has 0 aromatic carbocycles. The van der Waals surface area contributed by atoms with Crippen LogP contribution in [0.1, 0.15) is 25.7 Å². The van der Waals surface area contributed by atoms with Gasteiger partial charge in [0.2, 0.25) is 5.91 Å². The number of urea groups is 1. The first-order valence-electron chi connectivity index (χ1n) is 7.12. The number of nitrogens with zero attached hydrogens (tertiary/aromatic N) is 1. The SMILES string of the molecule is O=C1CC2(CCN(C(=O)NCC3(C(F)(F)F)CC3)C2)CN1. The first-order valence-corrected chi connectivity index (χ1v) is 7.12. The zero-order valence-electron chi connectivity index (χ0n) is 11.6. The normalized spacial score (nSPS) is 30.6. The van der Waals surface area contributed by atoms with Crippen LogP contribution in [-0.4, -0.2) is 49.2 Å². The fourth-order valence-corrected chi connectivity index (χ4v) is 3.22. The van der Waals surface area contributed by atoms with E-state index in [1.54, 1.807) is 0 Å². The second kappa shape index (κ2) is 4.51. The molecule has 1 atom stereocenters. The molecule has 0 aromatic rings. The van der Waals surface area contributed by atoms with Gasteiger partial charge in [-0.05, 0) is 19.3 Å². The molecule has 0 bridgehead atoms. The molecule has 2 N–H and O–H groups in total. The lowest BCUT2D eigenvalue weighted by Crippen LogP contribution is -2.45. The predicted molar refractivity (Wildman–Crippen MR) is 67.4 cm³/mol. The second-order valence-electron chi connectivity index (χ2n) is 6.56. The highest BCUT2D eigenvalue weighted by Crippen LogP contribution is 2.57. The van der Waals surface area contributed by atoms with E-state index < -0.39 is 17.6 Å². The molecule has 0 aromatic heterocycles. The average Bonchev–Trinajstić information content (AvgIpc) is 2.98. The number of alkyl halides is 3. The van der Waals surface area contributed by atoms with E-state index in [0.717, 1.165) is 0 Å². The summed E-state index contributed by atoms with van der Waals surface area (Å²) in [5.74, 6) is -0.0220. The maximum atomic E-state index is 12.8. The topological polar surface area (TPSA) is 61.4 Å². The van der Waals surface area contributed by atoms with Gasteiger partial charge in [0.15, 0.2) is 0 Å². The fraction of sp³-hybridized carbons (Fsp3) is 0.846. The number of carbonyl (C=O) groups is 2. The smallest absolute Gasteiger partial charge is 0.355 e. The average molecular weight is 305 g/mol. The zero-order valence-corrected chi connectivity index (χ0v) is 11.6. The van der Waals surface area contributed by atoms with Crippen molar-refractivity contribution in [1.82, 2.24) is 15.5 Å². The molecule has 2 saturated heterocycles. The van der Waals surface area contributed by atoms with Crippen molar-refractivity contribution in [3.8, 4) is 0 Å². The number of rotatable bonds is 2. The maximum absolute atomic E-state index is 12.8. The van der Waals surface area contributed by atoms with Crippen molar-refractivity contribution < 1.29 is 22.8 Å². The van der Waals surface area contributed by atoms with Crippen LogP contribution in [0.3, 0.4) is 0 Å². The predicted octanol–water partition coefficient (Wildman–Crippen LogP) is 1.25. The number of carbonyl (C=O) groups excluding carboxylic acids is 2. The third kappa shape index (κ3) is 2.55. The van der Waals surface area contributed by atoms with E-state index >= 15 is 0 Å². The van der Waals surface area contributed by atoms with Gasteiger partial charge in [-0.3, -0.25) is 4.79 Å². The molecular formula is C13H18F3N3O2. The quantitative estimate of drug-likeness (QED) is 0.806. The fourth-order valence-electron chi connectivity index (χ4n) is 3.22. The highest BCUT2D eigenvalue weighted by atomic mass is 19.4. The van der Waals surface area contributed by atoms with Gasteiger partial charge >= 0.3 is 12.2 Å². The first-order chi connectivity index (χ1) is 9.75. The van der Waals surface area contributed by atoms with Crippen molar-refractivity contribution >= 4 is 11.9 Å². The van der Waals surface area contributed by atoms with Crippen molar-refractivity contribution in [1.29, 1.82) is 0 Å². The van der Waals surface area contributed by atoms with Crippen LogP contribution in [0.15, 0.2) is 0 Å². The maximum Gasteiger partial charge on any atom is 0.396 e. The molecule has 5 nitrogen and oxygen atoms in total. The summed E-state index contributed by atoms with van der Waals surface area (Å²) in [5.41, 5.74) is -1.94. The monoisotopic (exact) mass is 305 g/mol. The third-order valence-electron chi connectivity index (χ3n) is 4.95. The Morgan fingerprint density at radius 2 is 2.05 bits per heavy atom. The summed E-state index contributed by atoms with van der Waals surface area (Å²) in [6.45, 7) is 1.11. The van der Waals surface area contributed by atoms with Crippen LogP contribution in [0.5, 0.6) is 0 Å². The second-order valence-corrected chi connectivity index (χ2v) is 6.56. The molecule has 3 rings (SSSR count). The van der Waals surface area contributed by atoms with Gasteiger partial charge in [0.05, 0.1) is 5.41 Å². The Morgan fingerprint density at radius 1 is 1.33 bits per heavy atom. The van der Waals surface area contributed by atoms with Crippen LogP contribution < -0.4 is 10.6 Å². The van der Waals surface area contributed by atoms with E-state index in [4.69, 9.17) is 0 Å². The Kier molecular flexibility index (Phi) is 3.11. The van der Waals surface area contributed by atoms with E-state index in [0.29, 0.717) is 32.5 Å². The molecule has 1 saturated carbocycles. The van der Waals surface area contributed by atoms with Crippen molar-refractivity contribution in [2.75, 3.05) is 26.2 Å². The molecule has 118 valence electrons. The van der Waals surface area contributed by atoms with Gasteiger partial charge in [-0.25, -0.2) is 4.79 Å². The Labute approximate surface area is 120 Å². The van der Waals surface area contributed by atoms with Crippen molar-refractivity contribution in [2.24, 2.45) is 10.8 Å². The zero-order chi connectivity index (χ0) is 15.3. The summed E-state index contributed by atoms with van der Waals surface area (Å²) in [4.78, 5) is 24.8. The van der Waals surface area contributed by atoms with E-state index in [1.165, 1.54) is 4.90 Å². The first kappa shape index (κ1) is 14.5. The largest absolute Gasteiger partial charge is 0.396 e. The van der Waals surface area contributed by atoms with E-state index in [2.05, 4.69) is 10.6 Å². The number of nitrogens with one attached hydrogen (secondary N) is 2. The number of halogens is 3. The molecular weight excluding hydrogens is 287 g/mol. The lowest BCUT2D eigenvalue weighted by Gasteiger charge is -2.24. The lowest BCUT2D eigenvalue weighted by molar-refractivity contribution is -0.184. The van der Waals surface area contributed by atoms with Gasteiger partial charge < -0.3 is 15.5 Å². The Morgan fingerprint density at radius 3 is 2.57 bits per heavy atom. The Hall–Kier alpha value is -1.47. The van der Waals surface area contributed by atoms with Crippen LogP contribution in [0.4, 0.5) is 18.0 Å². The molecule has 0 radical (unpaired) electrons. The molecule has 3 amide bonds. The van der Waals surface area contributed by atoms with Crippen molar-refractivity contribution in [2.45, 2.75) is 31.9 Å². The molecule has 2 aliphatic heterocycles. The number of amides is 3. The highest BCUT2D eigenvalue weighted by Gasteiger charge is 2.63. The highest BCUT2D eigenvalue weighted by molar-refractivity contribution is 5.80. The van der Waals surface area contributed by atoms with Gasteiger partial charge in [0.25, 0.3) is 0 Å². The molecule has 2 heterocycles. The molecule has 3 aliphatic rings. The summed E-state index contributed by atoms with van der Waals surface area (Å²) >= 11 is 0. The molecule has 3 fully saturated rings. The van der Waals surface area contributed by atoms with Crippen LogP contribution in [0.2, 0.25) is 0 Å². The van der Waals surface area contributed by atoms with Crippen LogP contribution >= 0.6 is 0 Å². The van der Waals surface area contributed by atoms with Crippen molar-refractivity contribution in [3.05, 3.63) is 0 Å². The molecule has 1 spiro atoms. The summed E-state index contributed by atoms with van der Waals surface area (Å²) < 4.78 is 38.4. The van der Waals surface area contributed by atoms with Gasteiger partial charge in [-0.1, -0.05) is 0 Å². The Bertz CT molecular complexity index is 476. The minimum Gasteiger partial charge on any atom is -0.355 e. The van der Waals surface area contributed by atoms with Gasteiger partial charge in [-0.15, -0.1) is 0 Å². The van der Waals surface area contributed by atoms with Gasteiger partial charge in [0, 0.05) is 38.0 Å². The summed E-state index contributed by atoms with van der Waals surface area (Å²) in [5, 5.41) is 5.16. The summed E-state index contributed by atoms with van der Waals surface area (Å²) in [6, 6.07) is -0.457. The van der Waals surface area contributed by atoms with Crippen LogP contribution in [0, 0.1) is 10.8 Å². The Balaban J connectivity index is 1.52. The minimum absolute atomic E-state index is 0.0220. The van der Waals surface area contributed by atoms with E-state index in [-0.39, 0.29) is 30.7 Å². The molecule has 1 aliphatic carbocycles. The molecule has 1 unspecified atom stereocenters. The number of hydrogen-bond acceptors (Lipinski definition) is 2. The summed E-state index contributed by atoms with van der Waals surface area (Å²) in [6.07, 6.45) is -2.99. The van der Waals surface area contributed by atoms with E-state index in [9.17, 15) is 22.8 Å². The molecule has 8 heteroatoms. The molecule has 21 heavy (non-hydrogen) atoms. The van der Waals surface area contributed by atoms with Crippen LogP contribution in [-0.2, 0) is 4.79 Å². The number of likely N-dealkylation sites (tertiary alicyclic amines) is 1. The van der Waals surface area contributed by atoms with E-state index in [1.807, 2.05) is 0 Å². The minimum atomic E-state index is -4.26. The third-order valence-corrected chi connectivity index (χ3v) is 4.95. The van der Waals surface area contributed by atoms with Crippen LogP contribution in [0.25, 0.3) is 0 Å². The lowest BCUT2D eigenvalue weighted by atomic mass is 9.86. The van der Waals surface area contributed by atoms with Crippen molar-refractivity contribution in [3.63, 3.8) is 0 Å². The number of hydrogen-bond donors (Lipinski definition) is 2. The van der Waals surface area contributed by atoms with Gasteiger partial charge in [0.1, 0.15) is 0 Å². The summed E-state index contributed by atoms with van der Waals surface area (Å²) in [7, 11) is 0.